The first kappa shape index (κ1) is 26.0. The first-order valence-corrected chi connectivity index (χ1v) is 14.3. The summed E-state index contributed by atoms with van der Waals surface area (Å²) in [6, 6.07) is 10.4. The van der Waals surface area contributed by atoms with Crippen molar-refractivity contribution >= 4 is 0 Å². The summed E-state index contributed by atoms with van der Waals surface area (Å²) in [4.78, 5) is 0. The lowest BCUT2D eigenvalue weighted by Gasteiger charge is -2.53. The highest BCUT2D eigenvalue weighted by atomic mass is 16.3. The standard InChI is InChI=1S/C32H50O2/c1-23(14-17-28(33)21-25-9-6-5-7-10-25)26-11-8-12-30-29(24(2)13-15-26)18-16-27-22-31(3,34)19-20-32(27,30)4/h5-7,9-10,16,23-24,26,28-30,33-34H,8,11-15,17-22H2,1-4H3/t23-,24+,26-,28?,29+,30+,31+,32+/m1/s1. The van der Waals surface area contributed by atoms with E-state index in [0.29, 0.717) is 11.3 Å². The molecule has 2 saturated carbocycles. The summed E-state index contributed by atoms with van der Waals surface area (Å²) < 4.78 is 0. The van der Waals surface area contributed by atoms with E-state index in [2.05, 4.69) is 51.1 Å². The Bertz CT molecular complexity index is 812. The average Bonchev–Trinajstić information content (AvgIpc) is 2.88. The van der Waals surface area contributed by atoms with Gasteiger partial charge in [-0.25, -0.2) is 0 Å². The van der Waals surface area contributed by atoms with Crippen molar-refractivity contribution in [3.8, 4) is 0 Å². The Labute approximate surface area is 209 Å². The number of benzene rings is 1. The third kappa shape index (κ3) is 5.98. The van der Waals surface area contributed by atoms with Gasteiger partial charge in [-0.3, -0.25) is 0 Å². The molecule has 2 heteroatoms. The Balaban J connectivity index is 1.35. The van der Waals surface area contributed by atoms with E-state index < -0.39 is 5.60 Å². The van der Waals surface area contributed by atoms with Crippen LogP contribution in [0.25, 0.3) is 0 Å². The van der Waals surface area contributed by atoms with Gasteiger partial charge >= 0.3 is 0 Å². The second-order valence-electron chi connectivity index (χ2n) is 13.0. The van der Waals surface area contributed by atoms with Crippen molar-refractivity contribution < 1.29 is 10.2 Å². The summed E-state index contributed by atoms with van der Waals surface area (Å²) in [5.74, 6) is 3.84. The SMILES string of the molecule is C[C@H](CCC(O)Cc1ccccc1)[C@@H]1CCC[C@H]2[C@@H](CC=C3C[C@@](C)(O)CC[C@@]32C)[C@@H](C)CC1. The molecular weight excluding hydrogens is 416 g/mol. The molecule has 8 atom stereocenters. The molecule has 0 aromatic heterocycles. The van der Waals surface area contributed by atoms with E-state index in [1.165, 1.54) is 44.1 Å². The molecule has 0 radical (unpaired) electrons. The fourth-order valence-corrected chi connectivity index (χ4v) is 7.88. The molecule has 0 bridgehead atoms. The van der Waals surface area contributed by atoms with Crippen LogP contribution in [0.5, 0.6) is 0 Å². The van der Waals surface area contributed by atoms with Gasteiger partial charge in [0, 0.05) is 0 Å². The van der Waals surface area contributed by atoms with Crippen molar-refractivity contribution in [3.63, 3.8) is 0 Å². The minimum Gasteiger partial charge on any atom is -0.393 e. The fourth-order valence-electron chi connectivity index (χ4n) is 7.88. The van der Waals surface area contributed by atoms with Crippen molar-refractivity contribution in [2.45, 2.75) is 116 Å². The smallest absolute Gasteiger partial charge is 0.0657 e. The second kappa shape index (κ2) is 10.9. The van der Waals surface area contributed by atoms with E-state index in [4.69, 9.17) is 0 Å². The van der Waals surface area contributed by atoms with Crippen LogP contribution < -0.4 is 0 Å². The van der Waals surface area contributed by atoms with E-state index in [9.17, 15) is 10.2 Å². The van der Waals surface area contributed by atoms with Gasteiger partial charge in [-0.15, -0.1) is 0 Å². The maximum atomic E-state index is 10.7. The van der Waals surface area contributed by atoms with Gasteiger partial charge in [0.1, 0.15) is 0 Å². The minimum absolute atomic E-state index is 0.226. The zero-order valence-electron chi connectivity index (χ0n) is 22.3. The number of aliphatic hydroxyl groups excluding tert-OH is 1. The molecule has 0 aliphatic heterocycles. The Hall–Kier alpha value is -1.12. The maximum Gasteiger partial charge on any atom is 0.0657 e. The first-order valence-electron chi connectivity index (χ1n) is 14.3. The van der Waals surface area contributed by atoms with Crippen molar-refractivity contribution in [3.05, 3.63) is 47.5 Å². The Morgan fingerprint density at radius 1 is 1.00 bits per heavy atom. The van der Waals surface area contributed by atoms with Gasteiger partial charge in [-0.05, 0) is 105 Å². The highest BCUT2D eigenvalue weighted by Gasteiger charge is 2.49. The second-order valence-corrected chi connectivity index (χ2v) is 13.0. The normalized spacial score (nSPS) is 38.4. The molecule has 2 fully saturated rings. The van der Waals surface area contributed by atoms with Crippen LogP contribution in [0.1, 0.15) is 104 Å². The molecule has 2 nitrogen and oxygen atoms in total. The summed E-state index contributed by atoms with van der Waals surface area (Å²) in [6.07, 6.45) is 16.1. The third-order valence-electron chi connectivity index (χ3n) is 10.3. The van der Waals surface area contributed by atoms with E-state index in [1.807, 2.05) is 13.0 Å². The number of hydrogen-bond donors (Lipinski definition) is 2. The molecule has 34 heavy (non-hydrogen) atoms. The zero-order valence-corrected chi connectivity index (χ0v) is 22.3. The lowest BCUT2D eigenvalue weighted by molar-refractivity contribution is -0.0210. The monoisotopic (exact) mass is 466 g/mol. The number of rotatable bonds is 6. The fraction of sp³-hybridized carbons (Fsp3) is 0.750. The van der Waals surface area contributed by atoms with Gasteiger partial charge in [0.25, 0.3) is 0 Å². The number of aliphatic hydroxyl groups is 2. The largest absolute Gasteiger partial charge is 0.393 e. The lowest BCUT2D eigenvalue weighted by atomic mass is 9.52. The van der Waals surface area contributed by atoms with E-state index in [0.717, 1.165) is 62.2 Å². The van der Waals surface area contributed by atoms with Gasteiger partial charge in [-0.2, -0.15) is 0 Å². The summed E-state index contributed by atoms with van der Waals surface area (Å²) >= 11 is 0. The maximum absolute atomic E-state index is 10.7. The highest BCUT2D eigenvalue weighted by molar-refractivity contribution is 5.25. The molecule has 3 aliphatic rings. The quantitative estimate of drug-likeness (QED) is 0.421. The molecule has 190 valence electrons. The third-order valence-corrected chi connectivity index (χ3v) is 10.3. The van der Waals surface area contributed by atoms with Crippen molar-refractivity contribution in [1.29, 1.82) is 0 Å². The van der Waals surface area contributed by atoms with Crippen molar-refractivity contribution in [2.24, 2.45) is 35.0 Å². The molecule has 0 spiro atoms. The predicted molar refractivity (Wildman–Crippen MR) is 143 cm³/mol. The van der Waals surface area contributed by atoms with Gasteiger partial charge in [0.15, 0.2) is 0 Å². The van der Waals surface area contributed by atoms with E-state index >= 15 is 0 Å². The van der Waals surface area contributed by atoms with Crippen LogP contribution in [0, 0.1) is 35.0 Å². The number of hydrogen-bond acceptors (Lipinski definition) is 2. The van der Waals surface area contributed by atoms with Gasteiger partial charge < -0.3 is 10.2 Å². The van der Waals surface area contributed by atoms with E-state index in [1.54, 1.807) is 5.57 Å². The predicted octanol–water partition coefficient (Wildman–Crippen LogP) is 7.73. The summed E-state index contributed by atoms with van der Waals surface area (Å²) in [5.41, 5.74) is 2.60. The van der Waals surface area contributed by atoms with Crippen LogP contribution >= 0.6 is 0 Å². The van der Waals surface area contributed by atoms with Gasteiger partial charge in [0.2, 0.25) is 0 Å². The Morgan fingerprint density at radius 2 is 1.76 bits per heavy atom. The van der Waals surface area contributed by atoms with Crippen LogP contribution in [-0.2, 0) is 6.42 Å². The molecule has 0 saturated heterocycles. The molecule has 0 amide bonds. The summed E-state index contributed by atoms with van der Waals surface area (Å²) in [6.45, 7) is 9.53. The molecule has 0 heterocycles. The number of fused-ring (bicyclic) bond motifs is 3. The van der Waals surface area contributed by atoms with Gasteiger partial charge in [0.05, 0.1) is 11.7 Å². The highest BCUT2D eigenvalue weighted by Crippen LogP contribution is 2.58. The molecular formula is C32H50O2. The zero-order chi connectivity index (χ0) is 24.3. The first-order chi connectivity index (χ1) is 16.2. The van der Waals surface area contributed by atoms with Crippen LogP contribution in [0.3, 0.4) is 0 Å². The van der Waals surface area contributed by atoms with Crippen molar-refractivity contribution in [1.82, 2.24) is 0 Å². The molecule has 1 aromatic rings. The van der Waals surface area contributed by atoms with Crippen molar-refractivity contribution in [2.75, 3.05) is 0 Å². The van der Waals surface area contributed by atoms with Crippen LogP contribution in [0.4, 0.5) is 0 Å². The van der Waals surface area contributed by atoms with Crippen LogP contribution in [0.2, 0.25) is 0 Å². The Morgan fingerprint density at radius 3 is 2.53 bits per heavy atom. The molecule has 2 N–H and O–H groups in total. The number of allylic oxidation sites excluding steroid dienone is 1. The summed E-state index contributed by atoms with van der Waals surface area (Å²) in [5, 5.41) is 21.4. The van der Waals surface area contributed by atoms with Gasteiger partial charge in [-0.1, -0.05) is 82.0 Å². The molecule has 4 rings (SSSR count). The molecule has 1 unspecified atom stereocenters. The van der Waals surface area contributed by atoms with Crippen LogP contribution in [0.15, 0.2) is 42.0 Å². The minimum atomic E-state index is -0.506. The summed E-state index contributed by atoms with van der Waals surface area (Å²) in [7, 11) is 0. The molecule has 1 aromatic carbocycles. The molecule has 3 aliphatic carbocycles. The topological polar surface area (TPSA) is 40.5 Å². The Kier molecular flexibility index (Phi) is 8.30. The lowest BCUT2D eigenvalue weighted by Crippen LogP contribution is -2.46. The average molecular weight is 467 g/mol. The van der Waals surface area contributed by atoms with Crippen LogP contribution in [-0.4, -0.2) is 21.9 Å². The van der Waals surface area contributed by atoms with E-state index in [-0.39, 0.29) is 6.10 Å².